The number of nitrogens with zero attached hydrogens (tertiary/aromatic N) is 2. The number of benzene rings is 9. The minimum atomic E-state index is -0.127. The van der Waals surface area contributed by atoms with Crippen LogP contribution < -0.4 is 0 Å². The van der Waals surface area contributed by atoms with Gasteiger partial charge in [0.2, 0.25) is 0 Å². The summed E-state index contributed by atoms with van der Waals surface area (Å²) in [4.78, 5) is 10.6. The summed E-state index contributed by atoms with van der Waals surface area (Å²) in [6.45, 7) is 4.71. The Morgan fingerprint density at radius 1 is 0.355 bits per heavy atom. The van der Waals surface area contributed by atoms with E-state index in [1.165, 1.54) is 38.6 Å². The molecule has 0 saturated carbocycles. The molecule has 0 atom stereocenters. The Morgan fingerprint density at radius 3 is 1.76 bits per heavy atom. The van der Waals surface area contributed by atoms with E-state index in [1.54, 1.807) is 0 Å². The third-order valence-electron chi connectivity index (χ3n) is 12.8. The highest BCUT2D eigenvalue weighted by Crippen LogP contribution is 2.51. The number of hydrogen-bond donors (Lipinski definition) is 0. The van der Waals surface area contributed by atoms with Crippen molar-refractivity contribution in [2.45, 2.75) is 19.3 Å². The molecule has 0 spiro atoms. The van der Waals surface area contributed by atoms with Crippen LogP contribution in [0.4, 0.5) is 0 Å². The smallest absolute Gasteiger partial charge is 0.160 e. The molecule has 2 heterocycles. The fourth-order valence-electron chi connectivity index (χ4n) is 9.62. The monoisotopic (exact) mass is 792 g/mol. The first-order valence-corrected chi connectivity index (χ1v) is 21.3. The molecule has 0 N–H and O–H groups in total. The largest absolute Gasteiger partial charge is 0.455 e. The van der Waals surface area contributed by atoms with Crippen LogP contribution in [0.3, 0.4) is 0 Å². The van der Waals surface area contributed by atoms with E-state index in [1.807, 2.05) is 30.3 Å². The van der Waals surface area contributed by atoms with Crippen molar-refractivity contribution in [3.8, 4) is 78.4 Å². The van der Waals surface area contributed by atoms with Crippen molar-refractivity contribution in [3.05, 3.63) is 217 Å². The van der Waals surface area contributed by atoms with E-state index in [4.69, 9.17) is 14.4 Å². The first-order chi connectivity index (χ1) is 30.4. The summed E-state index contributed by atoms with van der Waals surface area (Å²) >= 11 is 0. The second kappa shape index (κ2) is 14.1. The van der Waals surface area contributed by atoms with E-state index in [0.717, 1.165) is 77.8 Å². The molecule has 1 aliphatic carbocycles. The number of hydrogen-bond acceptors (Lipinski definition) is 3. The van der Waals surface area contributed by atoms with Crippen LogP contribution in [0.25, 0.3) is 111 Å². The molecule has 0 radical (unpaired) electrons. The first kappa shape index (κ1) is 36.0. The summed E-state index contributed by atoms with van der Waals surface area (Å²) in [5, 5.41) is 4.77. The fourth-order valence-corrected chi connectivity index (χ4v) is 9.62. The van der Waals surface area contributed by atoms with E-state index >= 15 is 0 Å². The minimum Gasteiger partial charge on any atom is -0.455 e. The van der Waals surface area contributed by atoms with Crippen molar-refractivity contribution in [2.24, 2.45) is 0 Å². The van der Waals surface area contributed by atoms with E-state index in [0.29, 0.717) is 5.82 Å². The summed E-state index contributed by atoms with van der Waals surface area (Å²) < 4.78 is 6.57. The fraction of sp³-hybridized carbons (Fsp3) is 0.0508. The molecule has 1 aliphatic rings. The lowest BCUT2D eigenvalue weighted by molar-refractivity contribution is 0.661. The van der Waals surface area contributed by atoms with Gasteiger partial charge >= 0.3 is 0 Å². The standard InChI is InChI=1S/C59H40N2O/c1-59(2)52-35-42(27-28-48(52)51-33-40-19-9-10-20-41(40)34-53(51)59)39-21-13-22-43(29-39)54-36-55(61-58(60-54)38-17-7-4-8-18-38)46-31-44(37-15-5-3-6-16-37)30-45(32-46)47-24-14-25-50-49-23-11-12-26-56(49)62-57(47)50/h3-36H,1-2H3. The minimum absolute atomic E-state index is 0.127. The molecule has 2 aromatic heterocycles. The molecular formula is C59H40N2O. The summed E-state index contributed by atoms with van der Waals surface area (Å²) in [6.07, 6.45) is 0. The van der Waals surface area contributed by atoms with Crippen LogP contribution in [0.1, 0.15) is 25.0 Å². The second-order valence-corrected chi connectivity index (χ2v) is 17.0. The lowest BCUT2D eigenvalue weighted by atomic mass is 9.81. The molecule has 62 heavy (non-hydrogen) atoms. The van der Waals surface area contributed by atoms with Gasteiger partial charge in [-0.3, -0.25) is 0 Å². The van der Waals surface area contributed by atoms with Gasteiger partial charge in [0.15, 0.2) is 5.82 Å². The van der Waals surface area contributed by atoms with Crippen molar-refractivity contribution in [1.29, 1.82) is 0 Å². The molecule has 3 heteroatoms. The Kier molecular flexibility index (Phi) is 8.20. The normalized spacial score (nSPS) is 12.8. The molecule has 12 rings (SSSR count). The Balaban J connectivity index is 1.00. The number of para-hydroxylation sites is 2. The number of rotatable bonds is 6. The average Bonchev–Trinajstić information content (AvgIpc) is 3.82. The molecule has 0 saturated heterocycles. The van der Waals surface area contributed by atoms with Gasteiger partial charge in [-0.2, -0.15) is 0 Å². The molecule has 0 unspecified atom stereocenters. The third-order valence-corrected chi connectivity index (χ3v) is 12.8. The van der Waals surface area contributed by atoms with Crippen molar-refractivity contribution in [2.75, 3.05) is 0 Å². The lowest BCUT2D eigenvalue weighted by Gasteiger charge is -2.22. The summed E-state index contributed by atoms with van der Waals surface area (Å²) in [5.41, 5.74) is 18.4. The average molecular weight is 793 g/mol. The van der Waals surface area contributed by atoms with Crippen molar-refractivity contribution < 1.29 is 4.42 Å². The zero-order valence-electron chi connectivity index (χ0n) is 34.4. The molecule has 0 fully saturated rings. The maximum atomic E-state index is 6.57. The predicted molar refractivity (Wildman–Crippen MR) is 257 cm³/mol. The molecule has 9 aromatic carbocycles. The molecular weight excluding hydrogens is 753 g/mol. The Morgan fingerprint density at radius 2 is 0.935 bits per heavy atom. The van der Waals surface area contributed by atoms with Gasteiger partial charge in [0.25, 0.3) is 0 Å². The summed E-state index contributed by atoms with van der Waals surface area (Å²) in [6, 6.07) is 73.7. The van der Waals surface area contributed by atoms with Gasteiger partial charge in [-0.25, -0.2) is 9.97 Å². The van der Waals surface area contributed by atoms with Crippen LogP contribution in [0.2, 0.25) is 0 Å². The van der Waals surface area contributed by atoms with E-state index in [9.17, 15) is 0 Å². The van der Waals surface area contributed by atoms with E-state index in [2.05, 4.69) is 190 Å². The molecule has 0 amide bonds. The second-order valence-electron chi connectivity index (χ2n) is 17.0. The predicted octanol–water partition coefficient (Wildman–Crippen LogP) is 15.8. The highest BCUT2D eigenvalue weighted by molar-refractivity contribution is 6.10. The summed E-state index contributed by atoms with van der Waals surface area (Å²) in [7, 11) is 0. The van der Waals surface area contributed by atoms with Gasteiger partial charge in [0, 0.05) is 38.4 Å². The number of furan rings is 1. The number of aromatic nitrogens is 2. The van der Waals surface area contributed by atoms with Gasteiger partial charge in [-0.05, 0) is 115 Å². The van der Waals surface area contributed by atoms with Crippen molar-refractivity contribution >= 4 is 32.7 Å². The van der Waals surface area contributed by atoms with Gasteiger partial charge in [0.1, 0.15) is 11.2 Å². The van der Waals surface area contributed by atoms with Crippen LogP contribution in [-0.2, 0) is 5.41 Å². The zero-order valence-corrected chi connectivity index (χ0v) is 34.4. The SMILES string of the molecule is CC1(C)c2cc(-c3cccc(-c4cc(-c5cc(-c6ccccc6)cc(-c6cccc7c6oc6ccccc67)c5)nc(-c5ccccc5)n4)c3)ccc2-c2cc3ccccc3cc21. The summed E-state index contributed by atoms with van der Waals surface area (Å²) in [5.74, 6) is 0.680. The zero-order chi connectivity index (χ0) is 41.4. The van der Waals surface area contributed by atoms with Gasteiger partial charge in [0.05, 0.1) is 11.4 Å². The van der Waals surface area contributed by atoms with Crippen LogP contribution in [0.5, 0.6) is 0 Å². The van der Waals surface area contributed by atoms with E-state index in [-0.39, 0.29) is 5.41 Å². The quantitative estimate of drug-likeness (QED) is 0.168. The van der Waals surface area contributed by atoms with Crippen molar-refractivity contribution in [3.63, 3.8) is 0 Å². The molecule has 0 aliphatic heterocycles. The molecule has 11 aromatic rings. The third kappa shape index (κ3) is 5.96. The maximum absolute atomic E-state index is 6.57. The van der Waals surface area contributed by atoms with Crippen molar-refractivity contribution in [1.82, 2.24) is 9.97 Å². The highest BCUT2D eigenvalue weighted by atomic mass is 16.3. The van der Waals surface area contributed by atoms with Gasteiger partial charge < -0.3 is 4.42 Å². The number of fused-ring (bicyclic) bond motifs is 7. The Labute approximate surface area is 360 Å². The van der Waals surface area contributed by atoms with Crippen LogP contribution in [0.15, 0.2) is 211 Å². The van der Waals surface area contributed by atoms with Crippen LogP contribution in [0, 0.1) is 0 Å². The van der Waals surface area contributed by atoms with E-state index < -0.39 is 0 Å². The topological polar surface area (TPSA) is 38.9 Å². The van der Waals surface area contributed by atoms with Crippen LogP contribution in [-0.4, -0.2) is 9.97 Å². The Bertz CT molecular complexity index is 3540. The van der Waals surface area contributed by atoms with Gasteiger partial charge in [-0.15, -0.1) is 0 Å². The Hall–Kier alpha value is -7.88. The van der Waals surface area contributed by atoms with Gasteiger partial charge in [-0.1, -0.05) is 166 Å². The first-order valence-electron chi connectivity index (χ1n) is 21.3. The molecule has 292 valence electrons. The maximum Gasteiger partial charge on any atom is 0.160 e. The molecule has 0 bridgehead atoms. The highest BCUT2D eigenvalue weighted by Gasteiger charge is 2.36. The molecule has 3 nitrogen and oxygen atoms in total. The lowest BCUT2D eigenvalue weighted by Crippen LogP contribution is -2.15. The van der Waals surface area contributed by atoms with Crippen LogP contribution >= 0.6 is 0 Å².